The minimum Gasteiger partial charge on any atom is -0.313 e. The van der Waals surface area contributed by atoms with Crippen LogP contribution in [0.2, 0.25) is 0 Å². The predicted octanol–water partition coefficient (Wildman–Crippen LogP) is 5.14. The molecule has 5 heteroatoms. The summed E-state index contributed by atoms with van der Waals surface area (Å²) < 4.78 is 38.5. The summed E-state index contributed by atoms with van der Waals surface area (Å²) >= 11 is 0. The standard InChI is InChI=1S/C18H21F3N2/c1-4-6-17(22-3)15-9-10-16(23-12(15)2)13-7-5-8-14(11-13)18(19,20)21/h5,7-11,17,22H,4,6H2,1-3H3. The Balaban J connectivity index is 2.37. The van der Waals surface area contributed by atoms with Crippen molar-refractivity contribution in [3.63, 3.8) is 0 Å². The topological polar surface area (TPSA) is 24.9 Å². The van der Waals surface area contributed by atoms with E-state index in [1.807, 2.05) is 20.0 Å². The van der Waals surface area contributed by atoms with Gasteiger partial charge in [0.2, 0.25) is 0 Å². The third kappa shape index (κ3) is 4.10. The second-order valence-electron chi connectivity index (χ2n) is 5.58. The second kappa shape index (κ2) is 7.13. The summed E-state index contributed by atoms with van der Waals surface area (Å²) in [4.78, 5) is 4.51. The number of pyridine rings is 1. The van der Waals surface area contributed by atoms with E-state index in [4.69, 9.17) is 0 Å². The largest absolute Gasteiger partial charge is 0.416 e. The number of aryl methyl sites for hydroxylation is 1. The highest BCUT2D eigenvalue weighted by Crippen LogP contribution is 2.32. The van der Waals surface area contributed by atoms with Crippen LogP contribution in [0.25, 0.3) is 11.3 Å². The Morgan fingerprint density at radius 2 is 1.91 bits per heavy atom. The number of aromatic nitrogens is 1. The number of halogens is 3. The average Bonchev–Trinajstić information content (AvgIpc) is 2.52. The molecule has 2 nitrogen and oxygen atoms in total. The molecule has 1 aromatic heterocycles. The van der Waals surface area contributed by atoms with Gasteiger partial charge in [0.1, 0.15) is 0 Å². The molecule has 0 radical (unpaired) electrons. The molecule has 0 aliphatic carbocycles. The number of nitrogens with one attached hydrogen (secondary N) is 1. The zero-order valence-corrected chi connectivity index (χ0v) is 13.5. The predicted molar refractivity (Wildman–Crippen MR) is 86.1 cm³/mol. The van der Waals surface area contributed by atoms with Gasteiger partial charge < -0.3 is 5.32 Å². The van der Waals surface area contributed by atoms with Crippen molar-refractivity contribution in [2.75, 3.05) is 7.05 Å². The van der Waals surface area contributed by atoms with Crippen molar-refractivity contribution in [3.05, 3.63) is 53.2 Å². The van der Waals surface area contributed by atoms with Gasteiger partial charge in [-0.2, -0.15) is 13.2 Å². The molecule has 0 aliphatic rings. The maximum Gasteiger partial charge on any atom is 0.416 e. The van der Waals surface area contributed by atoms with E-state index in [1.165, 1.54) is 6.07 Å². The molecule has 2 rings (SSSR count). The molecule has 0 saturated carbocycles. The molecular weight excluding hydrogens is 301 g/mol. The van der Waals surface area contributed by atoms with Crippen molar-refractivity contribution in [1.82, 2.24) is 10.3 Å². The lowest BCUT2D eigenvalue weighted by Gasteiger charge is -2.18. The highest BCUT2D eigenvalue weighted by atomic mass is 19.4. The number of nitrogens with zero attached hydrogens (tertiary/aromatic N) is 1. The minimum atomic E-state index is -4.34. The molecule has 0 bridgehead atoms. The number of hydrogen-bond acceptors (Lipinski definition) is 2. The van der Waals surface area contributed by atoms with E-state index in [-0.39, 0.29) is 6.04 Å². The summed E-state index contributed by atoms with van der Waals surface area (Å²) in [6.07, 6.45) is -2.31. The van der Waals surface area contributed by atoms with Crippen LogP contribution >= 0.6 is 0 Å². The third-order valence-electron chi connectivity index (χ3n) is 3.91. The van der Waals surface area contributed by atoms with E-state index in [2.05, 4.69) is 17.2 Å². The first kappa shape index (κ1) is 17.5. The van der Waals surface area contributed by atoms with Gasteiger partial charge in [0.05, 0.1) is 11.3 Å². The highest BCUT2D eigenvalue weighted by molar-refractivity contribution is 5.61. The van der Waals surface area contributed by atoms with Crippen LogP contribution in [0.15, 0.2) is 36.4 Å². The van der Waals surface area contributed by atoms with Crippen LogP contribution in [0, 0.1) is 6.92 Å². The minimum absolute atomic E-state index is 0.211. The SMILES string of the molecule is CCCC(NC)c1ccc(-c2cccc(C(F)(F)F)c2)nc1C. The second-order valence-corrected chi connectivity index (χ2v) is 5.58. The van der Waals surface area contributed by atoms with Crippen LogP contribution < -0.4 is 5.32 Å². The lowest BCUT2D eigenvalue weighted by molar-refractivity contribution is -0.137. The van der Waals surface area contributed by atoms with Gasteiger partial charge in [0.25, 0.3) is 0 Å². The van der Waals surface area contributed by atoms with Crippen LogP contribution in [0.4, 0.5) is 13.2 Å². The van der Waals surface area contributed by atoms with E-state index in [9.17, 15) is 13.2 Å². The van der Waals surface area contributed by atoms with Gasteiger partial charge in [-0.25, -0.2) is 0 Å². The monoisotopic (exact) mass is 322 g/mol. The van der Waals surface area contributed by atoms with E-state index in [1.54, 1.807) is 12.1 Å². The van der Waals surface area contributed by atoms with Crippen molar-refractivity contribution in [2.24, 2.45) is 0 Å². The first-order chi connectivity index (χ1) is 10.9. The molecule has 0 saturated heterocycles. The molecule has 2 aromatic rings. The molecule has 0 spiro atoms. The molecular formula is C18H21F3N2. The molecule has 1 heterocycles. The maximum atomic E-state index is 12.8. The first-order valence-corrected chi connectivity index (χ1v) is 7.69. The molecule has 124 valence electrons. The lowest BCUT2D eigenvalue weighted by atomic mass is 9.99. The van der Waals surface area contributed by atoms with Gasteiger partial charge in [0.15, 0.2) is 0 Å². The summed E-state index contributed by atoms with van der Waals surface area (Å²) in [7, 11) is 1.90. The van der Waals surface area contributed by atoms with Gasteiger partial charge in [-0.15, -0.1) is 0 Å². The summed E-state index contributed by atoms with van der Waals surface area (Å²) in [5.74, 6) is 0. The van der Waals surface area contributed by atoms with Crippen LogP contribution in [-0.2, 0) is 6.18 Å². The molecule has 23 heavy (non-hydrogen) atoms. The fourth-order valence-corrected chi connectivity index (χ4v) is 2.70. The Morgan fingerprint density at radius 3 is 2.48 bits per heavy atom. The van der Waals surface area contributed by atoms with Crippen LogP contribution in [-0.4, -0.2) is 12.0 Å². The first-order valence-electron chi connectivity index (χ1n) is 7.69. The smallest absolute Gasteiger partial charge is 0.313 e. The highest BCUT2D eigenvalue weighted by Gasteiger charge is 2.30. The van der Waals surface area contributed by atoms with Gasteiger partial charge in [0, 0.05) is 17.3 Å². The fraction of sp³-hybridized carbons (Fsp3) is 0.389. The van der Waals surface area contributed by atoms with Gasteiger partial charge in [-0.1, -0.05) is 31.5 Å². The molecule has 1 aromatic carbocycles. The summed E-state index contributed by atoms with van der Waals surface area (Å²) in [5.41, 5.74) is 2.31. The summed E-state index contributed by atoms with van der Waals surface area (Å²) in [6, 6.07) is 9.23. The van der Waals surface area contributed by atoms with E-state index < -0.39 is 11.7 Å². The van der Waals surface area contributed by atoms with Crippen LogP contribution in [0.3, 0.4) is 0 Å². The number of alkyl halides is 3. The van der Waals surface area contributed by atoms with Gasteiger partial charge in [-0.3, -0.25) is 4.98 Å². The van der Waals surface area contributed by atoms with E-state index in [0.717, 1.165) is 36.2 Å². The molecule has 0 fully saturated rings. The average molecular weight is 322 g/mol. The Bertz CT molecular complexity index is 666. The Labute approximate surface area is 134 Å². The Kier molecular flexibility index (Phi) is 5.42. The van der Waals surface area contributed by atoms with E-state index in [0.29, 0.717) is 11.3 Å². The molecule has 1 unspecified atom stereocenters. The van der Waals surface area contributed by atoms with Crippen molar-refractivity contribution in [1.29, 1.82) is 0 Å². The number of hydrogen-bond donors (Lipinski definition) is 1. The maximum absolute atomic E-state index is 12.8. The number of benzene rings is 1. The molecule has 1 N–H and O–H groups in total. The summed E-state index contributed by atoms with van der Waals surface area (Å²) in [6.45, 7) is 4.01. The van der Waals surface area contributed by atoms with Crippen molar-refractivity contribution >= 4 is 0 Å². The third-order valence-corrected chi connectivity index (χ3v) is 3.91. The van der Waals surface area contributed by atoms with Crippen LogP contribution in [0.5, 0.6) is 0 Å². The normalized spacial score (nSPS) is 13.1. The van der Waals surface area contributed by atoms with Crippen molar-refractivity contribution in [3.8, 4) is 11.3 Å². The quantitative estimate of drug-likeness (QED) is 0.825. The molecule has 0 aliphatic heterocycles. The van der Waals surface area contributed by atoms with Gasteiger partial charge in [-0.05, 0) is 44.2 Å². The van der Waals surface area contributed by atoms with E-state index >= 15 is 0 Å². The lowest BCUT2D eigenvalue weighted by Crippen LogP contribution is -2.17. The molecule has 1 atom stereocenters. The molecule has 0 amide bonds. The number of rotatable bonds is 5. The van der Waals surface area contributed by atoms with Gasteiger partial charge >= 0.3 is 6.18 Å². The van der Waals surface area contributed by atoms with Crippen molar-refractivity contribution in [2.45, 2.75) is 38.9 Å². The summed E-state index contributed by atoms with van der Waals surface area (Å²) in [5, 5.41) is 3.26. The fourth-order valence-electron chi connectivity index (χ4n) is 2.70. The zero-order chi connectivity index (χ0) is 17.0. The zero-order valence-electron chi connectivity index (χ0n) is 13.5. The van der Waals surface area contributed by atoms with Crippen molar-refractivity contribution < 1.29 is 13.2 Å². The Morgan fingerprint density at radius 1 is 1.17 bits per heavy atom. The van der Waals surface area contributed by atoms with Crippen LogP contribution in [0.1, 0.15) is 42.6 Å². The Hall–Kier alpha value is -1.88.